The first kappa shape index (κ1) is 23.3. The van der Waals surface area contributed by atoms with Crippen molar-refractivity contribution < 1.29 is 23.5 Å². The molecule has 1 saturated heterocycles. The topological polar surface area (TPSA) is 133 Å². The van der Waals surface area contributed by atoms with Crippen LogP contribution >= 0.6 is 0 Å². The number of amidine groups is 1. The van der Waals surface area contributed by atoms with Gasteiger partial charge in [-0.05, 0) is 36.6 Å². The van der Waals surface area contributed by atoms with Gasteiger partial charge in [-0.3, -0.25) is 9.79 Å². The third-order valence-electron chi connectivity index (χ3n) is 4.77. The third kappa shape index (κ3) is 6.80. The van der Waals surface area contributed by atoms with Crippen LogP contribution in [0.25, 0.3) is 0 Å². The molecule has 0 aromatic heterocycles. The molecular weight excluding hydrogens is 393 g/mol. The molecule has 164 valence electrons. The number of methoxy groups -OCH3 is 1. The van der Waals surface area contributed by atoms with Crippen molar-refractivity contribution in [2.75, 3.05) is 33.4 Å². The van der Waals surface area contributed by atoms with Crippen molar-refractivity contribution in [3.63, 3.8) is 0 Å². The standard InChI is InChI=1S/C20H28FN5O4/c1-13-12-26(20(28)30-10-9-29-2)8-7-17(13)24-11-16(19(23)27)18(22)25-15-5-3-14(21)4-6-15/h3-6,11,13,16-17H,7-10,12H2,1-2H3,(H2,22,25)(H2,23,27). The van der Waals surface area contributed by atoms with Crippen molar-refractivity contribution in [2.45, 2.75) is 19.4 Å². The van der Waals surface area contributed by atoms with Crippen LogP contribution in [-0.2, 0) is 14.3 Å². The number of rotatable bonds is 8. The van der Waals surface area contributed by atoms with Gasteiger partial charge in [0.15, 0.2) is 0 Å². The summed E-state index contributed by atoms with van der Waals surface area (Å²) in [5, 5.41) is 0. The summed E-state index contributed by atoms with van der Waals surface area (Å²) >= 11 is 0. The van der Waals surface area contributed by atoms with Crippen LogP contribution in [0.2, 0.25) is 0 Å². The largest absolute Gasteiger partial charge is 0.447 e. The van der Waals surface area contributed by atoms with Crippen LogP contribution in [0, 0.1) is 17.7 Å². The first-order chi connectivity index (χ1) is 14.3. The van der Waals surface area contributed by atoms with Gasteiger partial charge in [0.2, 0.25) is 5.91 Å². The lowest BCUT2D eigenvalue weighted by Gasteiger charge is -2.34. The van der Waals surface area contributed by atoms with E-state index < -0.39 is 17.6 Å². The van der Waals surface area contributed by atoms with Crippen molar-refractivity contribution in [2.24, 2.45) is 33.3 Å². The minimum atomic E-state index is -0.987. The van der Waals surface area contributed by atoms with Crippen molar-refractivity contribution in [1.29, 1.82) is 0 Å². The Hall–Kier alpha value is -3.01. The SMILES string of the molecule is COCCOC(=O)N1CCC(N=CC(C(N)=O)C(N)=Nc2ccc(F)cc2)C(C)C1. The van der Waals surface area contributed by atoms with Gasteiger partial charge in [0.05, 0.1) is 18.3 Å². The molecule has 0 aliphatic carbocycles. The van der Waals surface area contributed by atoms with Crippen molar-refractivity contribution in [1.82, 2.24) is 4.90 Å². The van der Waals surface area contributed by atoms with E-state index in [1.54, 1.807) is 4.90 Å². The second kappa shape index (κ2) is 11.2. The first-order valence-electron chi connectivity index (χ1n) is 9.64. The number of ether oxygens (including phenoxy) is 2. The highest BCUT2D eigenvalue weighted by molar-refractivity contribution is 6.14. The minimum absolute atomic E-state index is 0.0235. The minimum Gasteiger partial charge on any atom is -0.447 e. The number of likely N-dealkylation sites (tertiary alicyclic amines) is 1. The lowest BCUT2D eigenvalue weighted by atomic mass is 9.94. The second-order valence-corrected chi connectivity index (χ2v) is 7.08. The van der Waals surface area contributed by atoms with E-state index in [1.165, 1.54) is 37.6 Å². The Labute approximate surface area is 174 Å². The van der Waals surface area contributed by atoms with E-state index in [0.29, 0.717) is 31.8 Å². The fraction of sp³-hybridized carbons (Fsp3) is 0.500. The van der Waals surface area contributed by atoms with Gasteiger partial charge in [-0.25, -0.2) is 14.2 Å². The number of carbonyl (C=O) groups is 2. The third-order valence-corrected chi connectivity index (χ3v) is 4.77. The summed E-state index contributed by atoms with van der Waals surface area (Å²) in [6.45, 7) is 3.48. The van der Waals surface area contributed by atoms with Crippen LogP contribution in [0.5, 0.6) is 0 Å². The predicted octanol–water partition coefficient (Wildman–Crippen LogP) is 1.48. The van der Waals surface area contributed by atoms with Crippen LogP contribution in [0.1, 0.15) is 13.3 Å². The van der Waals surface area contributed by atoms with E-state index in [2.05, 4.69) is 9.98 Å². The van der Waals surface area contributed by atoms with Gasteiger partial charge >= 0.3 is 6.09 Å². The highest BCUT2D eigenvalue weighted by Gasteiger charge is 2.29. The van der Waals surface area contributed by atoms with E-state index in [9.17, 15) is 14.0 Å². The average Bonchev–Trinajstić information content (AvgIpc) is 2.70. The summed E-state index contributed by atoms with van der Waals surface area (Å²) in [5.74, 6) is -2.05. The number of amides is 2. The number of carbonyl (C=O) groups excluding carboxylic acids is 2. The van der Waals surface area contributed by atoms with Gasteiger partial charge in [-0.1, -0.05) is 6.92 Å². The van der Waals surface area contributed by atoms with E-state index >= 15 is 0 Å². The summed E-state index contributed by atoms with van der Waals surface area (Å²) in [7, 11) is 1.54. The fourth-order valence-electron chi connectivity index (χ4n) is 3.05. The lowest BCUT2D eigenvalue weighted by molar-refractivity contribution is -0.118. The smallest absolute Gasteiger partial charge is 0.409 e. The van der Waals surface area contributed by atoms with Crippen LogP contribution in [0.4, 0.5) is 14.9 Å². The van der Waals surface area contributed by atoms with Gasteiger partial charge in [0.25, 0.3) is 0 Å². The predicted molar refractivity (Wildman–Crippen MR) is 111 cm³/mol. The molecule has 0 saturated carbocycles. The zero-order valence-corrected chi connectivity index (χ0v) is 17.2. The molecule has 2 rings (SSSR count). The summed E-state index contributed by atoms with van der Waals surface area (Å²) in [4.78, 5) is 34.1. The normalized spacial score (nSPS) is 20.9. The Morgan fingerprint density at radius 1 is 1.30 bits per heavy atom. The zero-order valence-electron chi connectivity index (χ0n) is 17.2. The number of primary amides is 1. The molecule has 1 aliphatic rings. The number of hydrogen-bond donors (Lipinski definition) is 2. The summed E-state index contributed by atoms with van der Waals surface area (Å²) in [6.07, 6.45) is 1.63. The molecule has 9 nitrogen and oxygen atoms in total. The number of piperidine rings is 1. The molecular formula is C20H28FN5O4. The molecule has 4 N–H and O–H groups in total. The molecule has 3 atom stereocenters. The van der Waals surface area contributed by atoms with Crippen LogP contribution in [0.3, 0.4) is 0 Å². The lowest BCUT2D eigenvalue weighted by Crippen LogP contribution is -2.45. The molecule has 2 amide bonds. The second-order valence-electron chi connectivity index (χ2n) is 7.08. The fourth-order valence-corrected chi connectivity index (χ4v) is 3.05. The summed E-state index contributed by atoms with van der Waals surface area (Å²) in [6, 6.07) is 5.28. The maximum atomic E-state index is 13.0. The van der Waals surface area contributed by atoms with E-state index in [-0.39, 0.29) is 30.5 Å². The van der Waals surface area contributed by atoms with E-state index in [4.69, 9.17) is 20.9 Å². The van der Waals surface area contributed by atoms with Crippen molar-refractivity contribution >= 4 is 29.7 Å². The highest BCUT2D eigenvalue weighted by atomic mass is 19.1. The van der Waals surface area contributed by atoms with Crippen LogP contribution < -0.4 is 11.5 Å². The molecule has 1 aromatic carbocycles. The number of nitrogens with zero attached hydrogens (tertiary/aromatic N) is 3. The molecule has 1 heterocycles. The number of hydrogen-bond acceptors (Lipinski definition) is 6. The summed E-state index contributed by atoms with van der Waals surface area (Å²) in [5.41, 5.74) is 11.8. The van der Waals surface area contributed by atoms with Gasteiger partial charge in [-0.15, -0.1) is 0 Å². The van der Waals surface area contributed by atoms with Gasteiger partial charge in [0.1, 0.15) is 24.2 Å². The molecule has 10 heteroatoms. The molecule has 1 fully saturated rings. The Kier molecular flexibility index (Phi) is 8.72. The Morgan fingerprint density at radius 2 is 2.00 bits per heavy atom. The first-order valence-corrected chi connectivity index (χ1v) is 9.64. The Bertz CT molecular complexity index is 784. The Balaban J connectivity index is 1.99. The number of aliphatic imine (C=N–C) groups is 2. The molecule has 0 spiro atoms. The molecule has 30 heavy (non-hydrogen) atoms. The van der Waals surface area contributed by atoms with Crippen LogP contribution in [0.15, 0.2) is 34.3 Å². The van der Waals surface area contributed by atoms with Crippen LogP contribution in [-0.4, -0.2) is 68.4 Å². The monoisotopic (exact) mass is 421 g/mol. The Morgan fingerprint density at radius 3 is 2.60 bits per heavy atom. The summed E-state index contributed by atoms with van der Waals surface area (Å²) < 4.78 is 23.0. The van der Waals surface area contributed by atoms with Crippen molar-refractivity contribution in [3.8, 4) is 0 Å². The molecule has 1 aromatic rings. The van der Waals surface area contributed by atoms with Gasteiger partial charge in [-0.2, -0.15) is 0 Å². The maximum Gasteiger partial charge on any atom is 0.409 e. The highest BCUT2D eigenvalue weighted by Crippen LogP contribution is 2.21. The maximum absolute atomic E-state index is 13.0. The van der Waals surface area contributed by atoms with Crippen molar-refractivity contribution in [3.05, 3.63) is 30.1 Å². The average molecular weight is 421 g/mol. The number of nitrogens with two attached hydrogens (primary N) is 2. The molecule has 1 aliphatic heterocycles. The number of benzene rings is 1. The van der Waals surface area contributed by atoms with E-state index in [1.807, 2.05) is 6.92 Å². The number of halogens is 1. The zero-order chi connectivity index (χ0) is 22.1. The van der Waals surface area contributed by atoms with Gasteiger partial charge < -0.3 is 25.8 Å². The molecule has 0 bridgehead atoms. The quantitative estimate of drug-likeness (QED) is 0.373. The molecule has 0 radical (unpaired) electrons. The molecule has 3 unspecified atom stereocenters. The van der Waals surface area contributed by atoms with Gasteiger partial charge in [0, 0.05) is 26.4 Å². The van der Waals surface area contributed by atoms with E-state index in [0.717, 1.165) is 0 Å².